The van der Waals surface area contributed by atoms with Gasteiger partial charge in [-0.05, 0) is 49.6 Å². The Kier molecular flexibility index (Phi) is 6.56. The van der Waals surface area contributed by atoms with Gasteiger partial charge in [0.15, 0.2) is 0 Å². The molecule has 0 fully saturated rings. The van der Waals surface area contributed by atoms with Gasteiger partial charge in [0, 0.05) is 24.8 Å². The van der Waals surface area contributed by atoms with Crippen molar-refractivity contribution in [2.75, 3.05) is 20.3 Å². The van der Waals surface area contributed by atoms with Crippen LogP contribution in [0.25, 0.3) is 0 Å². The summed E-state index contributed by atoms with van der Waals surface area (Å²) in [5, 5.41) is 4.32. The molecule has 0 bridgehead atoms. The molecule has 0 heterocycles. The maximum Gasteiger partial charge on any atom is 0.0462 e. The van der Waals surface area contributed by atoms with Gasteiger partial charge in [-0.1, -0.05) is 24.6 Å². The smallest absolute Gasteiger partial charge is 0.0462 e. The van der Waals surface area contributed by atoms with E-state index in [0.29, 0.717) is 6.04 Å². The molecule has 0 spiro atoms. The van der Waals surface area contributed by atoms with Gasteiger partial charge in [-0.2, -0.15) is 0 Å². The van der Waals surface area contributed by atoms with E-state index < -0.39 is 0 Å². The second-order valence-electron chi connectivity index (χ2n) is 4.25. The molecule has 3 heteroatoms. The van der Waals surface area contributed by atoms with Crippen LogP contribution in [0.15, 0.2) is 18.2 Å². The van der Waals surface area contributed by atoms with Gasteiger partial charge < -0.3 is 10.1 Å². The predicted molar refractivity (Wildman–Crippen MR) is 73.7 cm³/mol. The van der Waals surface area contributed by atoms with Gasteiger partial charge >= 0.3 is 0 Å². The van der Waals surface area contributed by atoms with Crippen LogP contribution in [0.3, 0.4) is 0 Å². The number of ether oxygens (including phenoxy) is 1. The van der Waals surface area contributed by atoms with E-state index in [4.69, 9.17) is 16.3 Å². The molecule has 0 aliphatic heterocycles. The third-order valence-electron chi connectivity index (χ3n) is 2.90. The molecule has 0 radical (unpaired) electrons. The van der Waals surface area contributed by atoms with Gasteiger partial charge in [0.1, 0.15) is 0 Å². The molecule has 2 nitrogen and oxygen atoms in total. The van der Waals surface area contributed by atoms with Gasteiger partial charge in [0.25, 0.3) is 0 Å². The van der Waals surface area contributed by atoms with E-state index in [1.807, 2.05) is 12.1 Å². The van der Waals surface area contributed by atoms with Crippen LogP contribution in [0, 0.1) is 6.92 Å². The van der Waals surface area contributed by atoms with Crippen molar-refractivity contribution in [3.05, 3.63) is 34.3 Å². The van der Waals surface area contributed by atoms with Gasteiger partial charge in [0.05, 0.1) is 0 Å². The lowest BCUT2D eigenvalue weighted by Gasteiger charge is -2.20. The average molecular weight is 256 g/mol. The van der Waals surface area contributed by atoms with Crippen LogP contribution in [-0.2, 0) is 4.74 Å². The SMILES string of the molecule is CCNC(CCCOC)c1ccc(Cl)cc1C. The monoisotopic (exact) mass is 255 g/mol. The van der Waals surface area contributed by atoms with Crippen molar-refractivity contribution in [3.8, 4) is 0 Å². The first-order valence-electron chi connectivity index (χ1n) is 6.17. The molecule has 0 aromatic heterocycles. The van der Waals surface area contributed by atoms with Crippen molar-refractivity contribution < 1.29 is 4.74 Å². The molecule has 96 valence electrons. The third kappa shape index (κ3) is 4.66. The summed E-state index contributed by atoms with van der Waals surface area (Å²) in [7, 11) is 1.75. The molecule has 1 unspecified atom stereocenters. The Morgan fingerprint density at radius 3 is 2.76 bits per heavy atom. The van der Waals surface area contributed by atoms with Crippen LogP contribution < -0.4 is 5.32 Å². The topological polar surface area (TPSA) is 21.3 Å². The number of nitrogens with one attached hydrogen (secondary N) is 1. The quantitative estimate of drug-likeness (QED) is 0.750. The molecule has 1 aromatic carbocycles. The highest BCUT2D eigenvalue weighted by molar-refractivity contribution is 6.30. The molecular weight excluding hydrogens is 234 g/mol. The predicted octanol–water partition coefficient (Wildman–Crippen LogP) is 3.73. The number of hydrogen-bond donors (Lipinski definition) is 1. The Morgan fingerprint density at radius 1 is 1.41 bits per heavy atom. The largest absolute Gasteiger partial charge is 0.385 e. The Bertz CT molecular complexity index is 341. The van der Waals surface area contributed by atoms with E-state index in [1.165, 1.54) is 11.1 Å². The number of aryl methyl sites for hydroxylation is 1. The molecule has 1 rings (SSSR count). The number of halogens is 1. The van der Waals surface area contributed by atoms with E-state index in [-0.39, 0.29) is 0 Å². The van der Waals surface area contributed by atoms with E-state index in [2.05, 4.69) is 25.2 Å². The zero-order valence-corrected chi connectivity index (χ0v) is 11.7. The Hall–Kier alpha value is -0.570. The molecule has 1 aromatic rings. The van der Waals surface area contributed by atoms with Crippen LogP contribution in [0.5, 0.6) is 0 Å². The summed E-state index contributed by atoms with van der Waals surface area (Å²) >= 11 is 5.99. The highest BCUT2D eigenvalue weighted by Crippen LogP contribution is 2.24. The molecular formula is C14H22ClNO. The van der Waals surface area contributed by atoms with Gasteiger partial charge in [-0.3, -0.25) is 0 Å². The maximum absolute atomic E-state index is 5.99. The highest BCUT2D eigenvalue weighted by Gasteiger charge is 2.12. The molecule has 0 saturated heterocycles. The van der Waals surface area contributed by atoms with Crippen molar-refractivity contribution in [2.45, 2.75) is 32.7 Å². The van der Waals surface area contributed by atoms with Crippen LogP contribution in [0.2, 0.25) is 5.02 Å². The molecule has 0 saturated carbocycles. The number of hydrogen-bond acceptors (Lipinski definition) is 2. The van der Waals surface area contributed by atoms with Crippen molar-refractivity contribution in [3.63, 3.8) is 0 Å². The van der Waals surface area contributed by atoms with Gasteiger partial charge in [-0.15, -0.1) is 0 Å². The van der Waals surface area contributed by atoms with E-state index >= 15 is 0 Å². The van der Waals surface area contributed by atoms with Crippen molar-refractivity contribution >= 4 is 11.6 Å². The normalized spacial score (nSPS) is 12.7. The fourth-order valence-corrected chi connectivity index (χ4v) is 2.30. The first-order valence-corrected chi connectivity index (χ1v) is 6.55. The van der Waals surface area contributed by atoms with Crippen LogP contribution in [0.1, 0.15) is 36.9 Å². The summed E-state index contributed by atoms with van der Waals surface area (Å²) in [5.41, 5.74) is 2.59. The lowest BCUT2D eigenvalue weighted by atomic mass is 9.97. The minimum Gasteiger partial charge on any atom is -0.385 e. The molecule has 1 atom stereocenters. The minimum atomic E-state index is 0.396. The summed E-state index contributed by atoms with van der Waals surface area (Å²) in [4.78, 5) is 0. The van der Waals surface area contributed by atoms with Crippen molar-refractivity contribution in [1.29, 1.82) is 0 Å². The lowest BCUT2D eigenvalue weighted by Crippen LogP contribution is -2.22. The van der Waals surface area contributed by atoms with Crippen LogP contribution in [0.4, 0.5) is 0 Å². The van der Waals surface area contributed by atoms with E-state index in [0.717, 1.165) is 31.0 Å². The fourth-order valence-electron chi connectivity index (χ4n) is 2.08. The standard InChI is InChI=1S/C14H22ClNO/c1-4-16-14(6-5-9-17-3)13-8-7-12(15)10-11(13)2/h7-8,10,14,16H,4-6,9H2,1-3H3. The summed E-state index contributed by atoms with van der Waals surface area (Å²) in [6, 6.07) is 6.51. The summed E-state index contributed by atoms with van der Waals surface area (Å²) in [5.74, 6) is 0. The molecule has 0 aliphatic carbocycles. The molecule has 1 N–H and O–H groups in total. The van der Waals surface area contributed by atoms with Gasteiger partial charge in [-0.25, -0.2) is 0 Å². The van der Waals surface area contributed by atoms with Crippen LogP contribution >= 0.6 is 11.6 Å². The average Bonchev–Trinajstić information content (AvgIpc) is 2.28. The lowest BCUT2D eigenvalue weighted by molar-refractivity contribution is 0.189. The summed E-state index contributed by atoms with van der Waals surface area (Å²) < 4.78 is 5.11. The Morgan fingerprint density at radius 2 is 2.18 bits per heavy atom. The first kappa shape index (κ1) is 14.5. The maximum atomic E-state index is 5.99. The first-order chi connectivity index (χ1) is 8.19. The third-order valence-corrected chi connectivity index (χ3v) is 3.13. The highest BCUT2D eigenvalue weighted by atomic mass is 35.5. The second kappa shape index (κ2) is 7.70. The Labute approximate surface area is 109 Å². The van der Waals surface area contributed by atoms with Crippen molar-refractivity contribution in [1.82, 2.24) is 5.32 Å². The van der Waals surface area contributed by atoms with E-state index in [1.54, 1.807) is 7.11 Å². The molecule has 0 aliphatic rings. The Balaban J connectivity index is 2.74. The van der Waals surface area contributed by atoms with Crippen LogP contribution in [-0.4, -0.2) is 20.3 Å². The fraction of sp³-hybridized carbons (Fsp3) is 0.571. The minimum absolute atomic E-state index is 0.396. The van der Waals surface area contributed by atoms with Gasteiger partial charge in [0.2, 0.25) is 0 Å². The number of methoxy groups -OCH3 is 1. The summed E-state index contributed by atoms with van der Waals surface area (Å²) in [6.07, 6.45) is 2.15. The zero-order valence-electron chi connectivity index (χ0n) is 10.9. The zero-order chi connectivity index (χ0) is 12.7. The summed E-state index contributed by atoms with van der Waals surface area (Å²) in [6.45, 7) is 6.03. The number of rotatable bonds is 7. The van der Waals surface area contributed by atoms with E-state index in [9.17, 15) is 0 Å². The van der Waals surface area contributed by atoms with Crippen molar-refractivity contribution in [2.24, 2.45) is 0 Å². The number of benzene rings is 1. The second-order valence-corrected chi connectivity index (χ2v) is 4.68. The molecule has 0 amide bonds. The molecule has 17 heavy (non-hydrogen) atoms.